The number of rotatable bonds is 3. The SMILES string of the molecule is CC(=O)N1CCN(c2ccc([N+](=O)[O-])cc2/C=C2/C(=O)NC(=O)N(C(C)(C)C)C2=O)CC1. The predicted octanol–water partition coefficient (Wildman–Crippen LogP) is 1.52. The lowest BCUT2D eigenvalue weighted by Crippen LogP contribution is -2.60. The summed E-state index contributed by atoms with van der Waals surface area (Å²) in [5, 5.41) is 13.5. The third-order valence-electron chi connectivity index (χ3n) is 5.36. The number of nitrogens with zero attached hydrogens (tertiary/aromatic N) is 4. The lowest BCUT2D eigenvalue weighted by molar-refractivity contribution is -0.384. The number of hydrogen-bond acceptors (Lipinski definition) is 7. The molecule has 2 aliphatic rings. The largest absolute Gasteiger partial charge is 0.367 e. The van der Waals surface area contributed by atoms with Crippen molar-refractivity contribution in [1.82, 2.24) is 15.1 Å². The third-order valence-corrected chi connectivity index (χ3v) is 5.36. The van der Waals surface area contributed by atoms with Gasteiger partial charge in [0, 0.05) is 62.0 Å². The van der Waals surface area contributed by atoms with Crippen molar-refractivity contribution < 1.29 is 24.1 Å². The topological polar surface area (TPSA) is 133 Å². The van der Waals surface area contributed by atoms with Crippen molar-refractivity contribution in [1.29, 1.82) is 0 Å². The van der Waals surface area contributed by atoms with Gasteiger partial charge in [-0.15, -0.1) is 0 Å². The first-order valence-electron chi connectivity index (χ1n) is 10.1. The molecule has 11 nitrogen and oxygen atoms in total. The number of urea groups is 1. The number of amides is 5. The number of nitro groups is 1. The summed E-state index contributed by atoms with van der Waals surface area (Å²) in [7, 11) is 0. The molecule has 32 heavy (non-hydrogen) atoms. The second-order valence-electron chi connectivity index (χ2n) is 8.62. The zero-order valence-corrected chi connectivity index (χ0v) is 18.4. The molecule has 0 aliphatic carbocycles. The molecule has 0 atom stereocenters. The van der Waals surface area contributed by atoms with Crippen LogP contribution in [0, 0.1) is 10.1 Å². The molecule has 0 spiro atoms. The number of hydrogen-bond donors (Lipinski definition) is 1. The summed E-state index contributed by atoms with van der Waals surface area (Å²) >= 11 is 0. The molecule has 170 valence electrons. The number of benzene rings is 1. The minimum Gasteiger partial charge on any atom is -0.367 e. The highest BCUT2D eigenvalue weighted by atomic mass is 16.6. The number of carbonyl (C=O) groups excluding carboxylic acids is 4. The third kappa shape index (κ3) is 4.46. The van der Waals surface area contributed by atoms with Gasteiger partial charge in [-0.25, -0.2) is 4.79 Å². The zero-order chi connectivity index (χ0) is 23.8. The van der Waals surface area contributed by atoms with E-state index >= 15 is 0 Å². The van der Waals surface area contributed by atoms with Gasteiger partial charge in [-0.1, -0.05) is 0 Å². The van der Waals surface area contributed by atoms with Crippen molar-refractivity contribution in [3.8, 4) is 0 Å². The summed E-state index contributed by atoms with van der Waals surface area (Å²) in [6, 6.07) is 3.39. The van der Waals surface area contributed by atoms with E-state index in [0.29, 0.717) is 37.4 Å². The quantitative estimate of drug-likeness (QED) is 0.324. The smallest absolute Gasteiger partial charge is 0.331 e. The lowest BCUT2D eigenvalue weighted by atomic mass is 10.00. The van der Waals surface area contributed by atoms with Crippen LogP contribution in [0.4, 0.5) is 16.2 Å². The number of imide groups is 2. The number of piperazine rings is 1. The first kappa shape index (κ1) is 22.9. The molecule has 0 aromatic heterocycles. The molecule has 0 radical (unpaired) electrons. The Balaban J connectivity index is 2.04. The number of nitro benzene ring substituents is 1. The highest BCUT2D eigenvalue weighted by Gasteiger charge is 2.41. The molecule has 2 fully saturated rings. The van der Waals surface area contributed by atoms with Crippen molar-refractivity contribution in [2.45, 2.75) is 33.2 Å². The molecule has 0 saturated carbocycles. The Morgan fingerprint density at radius 2 is 1.75 bits per heavy atom. The maximum Gasteiger partial charge on any atom is 0.331 e. The summed E-state index contributed by atoms with van der Waals surface area (Å²) in [5.74, 6) is -1.67. The van der Waals surface area contributed by atoms with E-state index in [-0.39, 0.29) is 17.2 Å². The summed E-state index contributed by atoms with van der Waals surface area (Å²) in [6.07, 6.45) is 1.28. The lowest BCUT2D eigenvalue weighted by Gasteiger charge is -2.37. The van der Waals surface area contributed by atoms with E-state index in [9.17, 15) is 29.3 Å². The molecule has 1 N–H and O–H groups in total. The van der Waals surface area contributed by atoms with Crippen LogP contribution in [0.5, 0.6) is 0 Å². The van der Waals surface area contributed by atoms with E-state index in [1.807, 2.05) is 4.90 Å². The van der Waals surface area contributed by atoms with Crippen LogP contribution in [0.25, 0.3) is 6.08 Å². The predicted molar refractivity (Wildman–Crippen MR) is 116 cm³/mol. The van der Waals surface area contributed by atoms with Gasteiger partial charge >= 0.3 is 6.03 Å². The van der Waals surface area contributed by atoms with Gasteiger partial charge in [0.15, 0.2) is 0 Å². The number of barbiturate groups is 1. The first-order valence-corrected chi connectivity index (χ1v) is 10.1. The van der Waals surface area contributed by atoms with Crippen LogP contribution >= 0.6 is 0 Å². The molecule has 3 rings (SSSR count). The fraction of sp³-hybridized carbons (Fsp3) is 0.429. The fourth-order valence-electron chi connectivity index (χ4n) is 3.74. The molecule has 1 aromatic rings. The van der Waals surface area contributed by atoms with Crippen LogP contribution in [0.2, 0.25) is 0 Å². The second-order valence-corrected chi connectivity index (χ2v) is 8.62. The van der Waals surface area contributed by atoms with E-state index in [2.05, 4.69) is 5.32 Å². The number of anilines is 1. The fourth-order valence-corrected chi connectivity index (χ4v) is 3.74. The van der Waals surface area contributed by atoms with Gasteiger partial charge in [-0.2, -0.15) is 0 Å². The summed E-state index contributed by atoms with van der Waals surface area (Å²) < 4.78 is 0. The van der Waals surface area contributed by atoms with Crippen LogP contribution in [-0.2, 0) is 14.4 Å². The molecule has 0 unspecified atom stereocenters. The monoisotopic (exact) mass is 443 g/mol. The Morgan fingerprint density at radius 3 is 2.28 bits per heavy atom. The number of nitrogens with one attached hydrogen (secondary N) is 1. The Morgan fingerprint density at radius 1 is 1.12 bits per heavy atom. The van der Waals surface area contributed by atoms with E-state index < -0.39 is 28.3 Å². The molecule has 1 aromatic carbocycles. The first-order chi connectivity index (χ1) is 14.9. The average molecular weight is 443 g/mol. The molecule has 5 amide bonds. The maximum atomic E-state index is 13.0. The zero-order valence-electron chi connectivity index (χ0n) is 18.4. The minimum absolute atomic E-state index is 0.0351. The molecule has 2 heterocycles. The summed E-state index contributed by atoms with van der Waals surface area (Å²) in [5.41, 5.74) is -0.475. The van der Waals surface area contributed by atoms with Crippen LogP contribution < -0.4 is 10.2 Å². The summed E-state index contributed by atoms with van der Waals surface area (Å²) in [4.78, 5) is 64.7. The van der Waals surface area contributed by atoms with E-state index in [1.165, 1.54) is 25.1 Å². The Kier molecular flexibility index (Phi) is 6.02. The van der Waals surface area contributed by atoms with Crippen molar-refractivity contribution in [3.05, 3.63) is 39.4 Å². The van der Waals surface area contributed by atoms with E-state index in [4.69, 9.17) is 0 Å². The minimum atomic E-state index is -0.879. The highest BCUT2D eigenvalue weighted by molar-refractivity contribution is 6.31. The summed E-state index contributed by atoms with van der Waals surface area (Å²) in [6.45, 7) is 8.40. The normalized spacial score (nSPS) is 18.8. The van der Waals surface area contributed by atoms with Crippen molar-refractivity contribution in [2.75, 3.05) is 31.1 Å². The Bertz CT molecular complexity index is 1030. The highest BCUT2D eigenvalue weighted by Crippen LogP contribution is 2.30. The average Bonchev–Trinajstić information content (AvgIpc) is 2.69. The second kappa shape index (κ2) is 8.40. The van der Waals surface area contributed by atoms with Crippen molar-refractivity contribution in [3.63, 3.8) is 0 Å². The molecule has 0 bridgehead atoms. The van der Waals surface area contributed by atoms with Crippen LogP contribution in [0.1, 0.15) is 33.3 Å². The number of carbonyl (C=O) groups is 4. The van der Waals surface area contributed by atoms with Crippen LogP contribution in [-0.4, -0.2) is 70.2 Å². The van der Waals surface area contributed by atoms with Gasteiger partial charge in [0.2, 0.25) is 5.91 Å². The molecule has 2 aliphatic heterocycles. The van der Waals surface area contributed by atoms with Crippen molar-refractivity contribution >= 4 is 41.2 Å². The van der Waals surface area contributed by atoms with Crippen LogP contribution in [0.3, 0.4) is 0 Å². The Hall–Kier alpha value is -3.76. The van der Waals surface area contributed by atoms with Gasteiger partial charge < -0.3 is 9.80 Å². The van der Waals surface area contributed by atoms with Gasteiger partial charge in [0.1, 0.15) is 5.57 Å². The van der Waals surface area contributed by atoms with Crippen LogP contribution in [0.15, 0.2) is 23.8 Å². The van der Waals surface area contributed by atoms with E-state index in [1.54, 1.807) is 31.7 Å². The molecule has 2 saturated heterocycles. The maximum absolute atomic E-state index is 13.0. The van der Waals surface area contributed by atoms with Gasteiger partial charge in [0.05, 0.1) is 4.92 Å². The van der Waals surface area contributed by atoms with Gasteiger partial charge in [-0.3, -0.25) is 34.7 Å². The molecular formula is C21H25N5O6. The Labute approximate surface area is 184 Å². The van der Waals surface area contributed by atoms with Gasteiger partial charge in [0.25, 0.3) is 17.5 Å². The standard InChI is InChI=1S/C21H25N5O6/c1-13(27)23-7-9-24(10-8-23)17-6-5-15(26(31)32)11-14(17)12-16-18(28)22-20(30)25(19(16)29)21(2,3)4/h5-6,11-12H,7-10H2,1-4H3,(H,22,28,30)/b16-12-. The molecule has 11 heteroatoms. The van der Waals surface area contributed by atoms with Gasteiger partial charge in [-0.05, 0) is 32.9 Å². The van der Waals surface area contributed by atoms with E-state index in [0.717, 1.165) is 4.90 Å². The van der Waals surface area contributed by atoms with Crippen molar-refractivity contribution in [2.24, 2.45) is 0 Å². The molecular weight excluding hydrogens is 418 g/mol. The number of non-ortho nitro benzene ring substituents is 1.